The molecule has 0 atom stereocenters. The molecule has 0 N–H and O–H groups in total. The molecule has 1 aromatic carbocycles. The molecule has 0 aliphatic rings. The van der Waals surface area contributed by atoms with E-state index in [4.69, 9.17) is 16.3 Å². The summed E-state index contributed by atoms with van der Waals surface area (Å²) in [6.45, 7) is 0.276. The van der Waals surface area contributed by atoms with E-state index >= 15 is 0 Å². The molecular weight excluding hydrogens is 386 g/mol. The Labute approximate surface area is 164 Å². The molecule has 0 fully saturated rings. The van der Waals surface area contributed by atoms with Crippen molar-refractivity contribution in [2.75, 3.05) is 7.11 Å². The first kappa shape index (κ1) is 19.3. The Balaban J connectivity index is 1.82. The first-order chi connectivity index (χ1) is 13.4. The molecule has 0 aliphatic carbocycles. The van der Waals surface area contributed by atoms with Crippen LogP contribution in [0.15, 0.2) is 42.9 Å². The number of carbonyl (C=O) groups is 1. The van der Waals surface area contributed by atoms with Crippen LogP contribution < -0.4 is 4.74 Å². The third-order valence-corrected chi connectivity index (χ3v) is 4.19. The predicted molar refractivity (Wildman–Crippen MR) is 103 cm³/mol. The molecule has 0 saturated carbocycles. The van der Waals surface area contributed by atoms with Crippen molar-refractivity contribution in [2.45, 2.75) is 6.54 Å². The molecule has 0 amide bonds. The van der Waals surface area contributed by atoms with Crippen molar-refractivity contribution < 1.29 is 14.5 Å². The van der Waals surface area contributed by atoms with Gasteiger partial charge in [-0.3, -0.25) is 24.3 Å². The minimum atomic E-state index is -0.506. The lowest BCUT2D eigenvalue weighted by molar-refractivity contribution is -0.385. The molecule has 3 aromatic rings. The van der Waals surface area contributed by atoms with Crippen LogP contribution in [0.1, 0.15) is 21.6 Å². The number of nitro groups is 1. The SMILES string of the molecule is COc1ccc(/C=C/C(=O)c2nn(C)cc2Cl)cc1Cn1cc([N+](=O)[O-])cn1. The fraction of sp³-hybridized carbons (Fsp3) is 0.167. The summed E-state index contributed by atoms with van der Waals surface area (Å²) >= 11 is 5.99. The Morgan fingerprint density at radius 1 is 1.39 bits per heavy atom. The van der Waals surface area contributed by atoms with Gasteiger partial charge < -0.3 is 4.74 Å². The van der Waals surface area contributed by atoms with Crippen LogP contribution in [0.25, 0.3) is 6.08 Å². The van der Waals surface area contributed by atoms with Gasteiger partial charge in [-0.2, -0.15) is 10.2 Å². The first-order valence-corrected chi connectivity index (χ1v) is 8.50. The number of benzene rings is 1. The minimum Gasteiger partial charge on any atom is -0.496 e. The number of aromatic nitrogens is 4. The van der Waals surface area contributed by atoms with Crippen molar-refractivity contribution in [3.63, 3.8) is 0 Å². The number of carbonyl (C=O) groups excluding carboxylic acids is 1. The fourth-order valence-corrected chi connectivity index (χ4v) is 2.88. The number of allylic oxidation sites excluding steroid dienone is 1. The molecule has 0 bridgehead atoms. The summed E-state index contributed by atoms with van der Waals surface area (Å²) in [6, 6.07) is 5.36. The maximum Gasteiger partial charge on any atom is 0.307 e. The van der Waals surface area contributed by atoms with Gasteiger partial charge in [-0.15, -0.1) is 0 Å². The Bertz CT molecular complexity index is 1070. The molecule has 28 heavy (non-hydrogen) atoms. The van der Waals surface area contributed by atoms with E-state index in [2.05, 4.69) is 10.2 Å². The van der Waals surface area contributed by atoms with E-state index in [1.54, 1.807) is 31.5 Å². The van der Waals surface area contributed by atoms with Crippen molar-refractivity contribution in [2.24, 2.45) is 7.05 Å². The number of halogens is 1. The zero-order chi connectivity index (χ0) is 20.3. The van der Waals surface area contributed by atoms with Gasteiger partial charge in [0.25, 0.3) is 0 Å². The average Bonchev–Trinajstić information content (AvgIpc) is 3.26. The molecule has 0 aliphatic heterocycles. The normalized spacial score (nSPS) is 11.1. The van der Waals surface area contributed by atoms with Gasteiger partial charge in [0, 0.05) is 18.8 Å². The molecule has 3 rings (SSSR count). The van der Waals surface area contributed by atoms with Crippen molar-refractivity contribution >= 4 is 29.1 Å². The van der Waals surface area contributed by atoms with E-state index < -0.39 is 4.92 Å². The minimum absolute atomic E-state index is 0.0900. The topological polar surface area (TPSA) is 105 Å². The number of hydrogen-bond donors (Lipinski definition) is 0. The third kappa shape index (κ3) is 4.26. The lowest BCUT2D eigenvalue weighted by Crippen LogP contribution is -2.03. The molecular formula is C18H16ClN5O4. The molecule has 144 valence electrons. The van der Waals surface area contributed by atoms with Gasteiger partial charge in [0.15, 0.2) is 5.69 Å². The standard InChI is InChI=1S/C18H16ClN5O4/c1-22-11-15(19)18(21-22)16(25)5-3-12-4-6-17(28-2)13(7-12)9-23-10-14(8-20-23)24(26)27/h3-8,10-11H,9H2,1-2H3/b5-3+. The van der Waals surface area contributed by atoms with Crippen molar-refractivity contribution in [1.29, 1.82) is 0 Å². The van der Waals surface area contributed by atoms with Crippen molar-refractivity contribution in [1.82, 2.24) is 19.6 Å². The summed E-state index contributed by atoms with van der Waals surface area (Å²) in [4.78, 5) is 22.6. The number of methoxy groups -OCH3 is 1. The largest absolute Gasteiger partial charge is 0.496 e. The monoisotopic (exact) mass is 401 g/mol. The summed E-state index contributed by atoms with van der Waals surface area (Å²) in [5.41, 5.74) is 1.59. The smallest absolute Gasteiger partial charge is 0.307 e. The van der Waals surface area contributed by atoms with E-state index in [0.29, 0.717) is 5.75 Å². The lowest BCUT2D eigenvalue weighted by atomic mass is 10.1. The highest BCUT2D eigenvalue weighted by Gasteiger charge is 2.13. The molecule has 10 heteroatoms. The van der Waals surface area contributed by atoms with E-state index in [0.717, 1.165) is 11.1 Å². The number of aryl methyl sites for hydroxylation is 1. The Morgan fingerprint density at radius 2 is 2.18 bits per heavy atom. The zero-order valence-electron chi connectivity index (χ0n) is 15.1. The summed E-state index contributed by atoms with van der Waals surface area (Å²) in [6.07, 6.45) is 7.11. The lowest BCUT2D eigenvalue weighted by Gasteiger charge is -2.09. The zero-order valence-corrected chi connectivity index (χ0v) is 15.8. The summed E-state index contributed by atoms with van der Waals surface area (Å²) < 4.78 is 8.26. The Morgan fingerprint density at radius 3 is 2.79 bits per heavy atom. The Kier molecular flexibility index (Phi) is 5.55. The summed E-state index contributed by atoms with van der Waals surface area (Å²) in [5.74, 6) is 0.292. The molecule has 0 radical (unpaired) electrons. The van der Waals surface area contributed by atoms with E-state index in [1.807, 2.05) is 6.07 Å². The van der Waals surface area contributed by atoms with Crippen LogP contribution in [-0.4, -0.2) is 37.4 Å². The second kappa shape index (κ2) is 8.05. The van der Waals surface area contributed by atoms with Gasteiger partial charge >= 0.3 is 5.69 Å². The van der Waals surface area contributed by atoms with Gasteiger partial charge in [0.2, 0.25) is 5.78 Å². The van der Waals surface area contributed by atoms with Gasteiger partial charge in [0.05, 0.1) is 23.6 Å². The quantitative estimate of drug-likeness (QED) is 0.260. The average molecular weight is 402 g/mol. The predicted octanol–water partition coefficient (Wildman–Crippen LogP) is 3.13. The number of rotatable bonds is 7. The summed E-state index contributed by atoms with van der Waals surface area (Å²) in [5, 5.41) is 19.1. The molecule has 0 spiro atoms. The highest BCUT2D eigenvalue weighted by atomic mass is 35.5. The van der Waals surface area contributed by atoms with Crippen LogP contribution in [0.3, 0.4) is 0 Å². The van der Waals surface area contributed by atoms with Crippen LogP contribution in [0.2, 0.25) is 5.02 Å². The van der Waals surface area contributed by atoms with Gasteiger partial charge in [-0.05, 0) is 23.8 Å². The number of nitrogens with zero attached hydrogens (tertiary/aromatic N) is 5. The second-order valence-electron chi connectivity index (χ2n) is 5.92. The van der Waals surface area contributed by atoms with Gasteiger partial charge in [-0.1, -0.05) is 23.7 Å². The van der Waals surface area contributed by atoms with Gasteiger partial charge in [-0.25, -0.2) is 0 Å². The van der Waals surface area contributed by atoms with Crippen LogP contribution in [0.4, 0.5) is 5.69 Å². The molecule has 0 saturated heterocycles. The number of ether oxygens (including phenoxy) is 1. The van der Waals surface area contributed by atoms with E-state index in [9.17, 15) is 14.9 Å². The highest BCUT2D eigenvalue weighted by Crippen LogP contribution is 2.23. The second-order valence-corrected chi connectivity index (χ2v) is 6.33. The van der Waals surface area contributed by atoms with Crippen molar-refractivity contribution in [3.05, 3.63) is 74.8 Å². The fourth-order valence-electron chi connectivity index (χ4n) is 2.61. The van der Waals surface area contributed by atoms with E-state index in [1.165, 1.54) is 34.9 Å². The molecule has 2 aromatic heterocycles. The van der Waals surface area contributed by atoms with E-state index in [-0.39, 0.29) is 28.7 Å². The third-order valence-electron chi connectivity index (χ3n) is 3.91. The molecule has 9 nitrogen and oxygen atoms in total. The van der Waals surface area contributed by atoms with Crippen LogP contribution >= 0.6 is 11.6 Å². The van der Waals surface area contributed by atoms with Crippen LogP contribution in [-0.2, 0) is 13.6 Å². The van der Waals surface area contributed by atoms with Crippen molar-refractivity contribution in [3.8, 4) is 5.75 Å². The Hall–Kier alpha value is -3.46. The maximum atomic E-state index is 12.3. The highest BCUT2D eigenvalue weighted by molar-refractivity contribution is 6.34. The number of hydrogen-bond acceptors (Lipinski definition) is 6. The molecule has 0 unspecified atom stereocenters. The van der Waals surface area contributed by atoms with Gasteiger partial charge in [0.1, 0.15) is 18.1 Å². The van der Waals surface area contributed by atoms with Crippen LogP contribution in [0.5, 0.6) is 5.75 Å². The first-order valence-electron chi connectivity index (χ1n) is 8.12. The summed E-state index contributed by atoms with van der Waals surface area (Å²) in [7, 11) is 3.22. The number of ketones is 1. The maximum absolute atomic E-state index is 12.3. The van der Waals surface area contributed by atoms with Crippen LogP contribution in [0, 0.1) is 10.1 Å². The molecule has 2 heterocycles.